The van der Waals surface area contributed by atoms with Gasteiger partial charge in [-0.15, -0.1) is 0 Å². The van der Waals surface area contributed by atoms with Crippen molar-refractivity contribution in [1.82, 2.24) is 15.1 Å². The van der Waals surface area contributed by atoms with Crippen molar-refractivity contribution < 1.29 is 41.8 Å². The molecule has 0 saturated carbocycles. The molecule has 0 amide bonds. The van der Waals surface area contributed by atoms with E-state index in [1.807, 2.05) is 18.2 Å². The SMILES string of the molecule is O=C(O)C(F)(F)F.O=C(O)C(NCc1cccc(-n2cccn2)c1)c1cc(F)ccc1F. The second-order valence-corrected chi connectivity index (χ2v) is 6.24. The lowest BCUT2D eigenvalue weighted by Crippen LogP contribution is -2.29. The first-order valence-corrected chi connectivity index (χ1v) is 8.79. The van der Waals surface area contributed by atoms with Crippen LogP contribution < -0.4 is 5.32 Å². The van der Waals surface area contributed by atoms with Gasteiger partial charge in [-0.3, -0.25) is 10.1 Å². The van der Waals surface area contributed by atoms with Crippen LogP contribution in [0.1, 0.15) is 17.2 Å². The van der Waals surface area contributed by atoms with E-state index in [2.05, 4.69) is 10.4 Å². The third-order valence-electron chi connectivity index (χ3n) is 3.95. The average Bonchev–Trinajstić information content (AvgIpc) is 3.25. The van der Waals surface area contributed by atoms with Crippen LogP contribution in [0, 0.1) is 11.6 Å². The van der Waals surface area contributed by atoms with Crippen molar-refractivity contribution in [3.05, 3.63) is 83.7 Å². The van der Waals surface area contributed by atoms with Crippen molar-refractivity contribution >= 4 is 11.9 Å². The molecule has 0 aliphatic rings. The number of nitrogens with zero attached hydrogens (tertiary/aromatic N) is 2. The number of rotatable bonds is 6. The highest BCUT2D eigenvalue weighted by atomic mass is 19.4. The monoisotopic (exact) mass is 457 g/mol. The zero-order chi connectivity index (χ0) is 23.9. The molecule has 0 aliphatic carbocycles. The van der Waals surface area contributed by atoms with Crippen molar-refractivity contribution in [2.45, 2.75) is 18.8 Å². The summed E-state index contributed by atoms with van der Waals surface area (Å²) in [5.41, 5.74) is 1.36. The van der Waals surface area contributed by atoms with Crippen LogP contribution in [0.2, 0.25) is 0 Å². The van der Waals surface area contributed by atoms with Crippen LogP contribution in [0.15, 0.2) is 60.9 Å². The first-order chi connectivity index (χ1) is 15.0. The highest BCUT2D eigenvalue weighted by Gasteiger charge is 2.38. The molecule has 0 saturated heterocycles. The zero-order valence-electron chi connectivity index (χ0n) is 16.1. The maximum atomic E-state index is 13.9. The Labute approximate surface area is 177 Å². The molecule has 2 aromatic carbocycles. The molecule has 170 valence electrons. The minimum absolute atomic E-state index is 0.169. The molecule has 0 bridgehead atoms. The van der Waals surface area contributed by atoms with Crippen LogP contribution in [0.25, 0.3) is 5.69 Å². The Kier molecular flexibility index (Phi) is 8.02. The number of carboxylic acids is 2. The van der Waals surface area contributed by atoms with E-state index in [1.165, 1.54) is 0 Å². The number of aromatic nitrogens is 2. The molecular weight excluding hydrogens is 441 g/mol. The Balaban J connectivity index is 0.000000451. The molecule has 7 nitrogen and oxygen atoms in total. The number of alkyl halides is 3. The van der Waals surface area contributed by atoms with Gasteiger partial charge >= 0.3 is 18.1 Å². The maximum Gasteiger partial charge on any atom is 0.490 e. The van der Waals surface area contributed by atoms with Gasteiger partial charge < -0.3 is 10.2 Å². The first-order valence-electron chi connectivity index (χ1n) is 8.79. The van der Waals surface area contributed by atoms with Gasteiger partial charge in [-0.05, 0) is 42.0 Å². The van der Waals surface area contributed by atoms with Crippen LogP contribution in [-0.4, -0.2) is 38.1 Å². The van der Waals surface area contributed by atoms with E-state index in [0.29, 0.717) is 0 Å². The summed E-state index contributed by atoms with van der Waals surface area (Å²) in [5, 5.41) is 23.4. The molecule has 3 rings (SSSR count). The molecule has 0 spiro atoms. The second-order valence-electron chi connectivity index (χ2n) is 6.24. The summed E-state index contributed by atoms with van der Waals surface area (Å²) in [5.74, 6) is -5.50. The third kappa shape index (κ3) is 6.87. The van der Waals surface area contributed by atoms with Gasteiger partial charge in [-0.2, -0.15) is 18.3 Å². The van der Waals surface area contributed by atoms with E-state index < -0.39 is 35.8 Å². The minimum Gasteiger partial charge on any atom is -0.480 e. The topological polar surface area (TPSA) is 104 Å². The van der Waals surface area contributed by atoms with Crippen LogP contribution >= 0.6 is 0 Å². The molecule has 1 heterocycles. The Morgan fingerprint density at radius 3 is 2.31 bits per heavy atom. The molecule has 3 N–H and O–H groups in total. The summed E-state index contributed by atoms with van der Waals surface area (Å²) in [7, 11) is 0. The summed E-state index contributed by atoms with van der Waals surface area (Å²) in [4.78, 5) is 20.4. The molecule has 3 aromatic rings. The van der Waals surface area contributed by atoms with E-state index in [0.717, 1.165) is 29.4 Å². The number of nitrogens with one attached hydrogen (secondary N) is 1. The molecule has 1 aromatic heterocycles. The number of carbonyl (C=O) groups is 2. The largest absolute Gasteiger partial charge is 0.490 e. The van der Waals surface area contributed by atoms with E-state index in [1.54, 1.807) is 29.2 Å². The summed E-state index contributed by atoms with van der Waals surface area (Å²) in [6, 6.07) is 10.5. The lowest BCUT2D eigenvalue weighted by atomic mass is 10.1. The predicted octanol–water partition coefficient (Wildman–Crippen LogP) is 3.70. The Morgan fingerprint density at radius 1 is 1.06 bits per heavy atom. The standard InChI is InChI=1S/C18H15F2N3O2.C2HF3O2/c19-13-5-6-16(20)15(10-13)17(18(24)25)21-11-12-3-1-4-14(9-12)23-8-2-7-22-23;3-2(4,5)1(6)7/h1-10,17,21H,11H2,(H,24,25);(H,6,7). The second kappa shape index (κ2) is 10.5. The van der Waals surface area contributed by atoms with E-state index in [-0.39, 0.29) is 12.1 Å². The van der Waals surface area contributed by atoms with Gasteiger partial charge in [0.05, 0.1) is 5.69 Å². The number of carboxylic acid groups (broad SMARTS) is 2. The van der Waals surface area contributed by atoms with Gasteiger partial charge in [0.15, 0.2) is 0 Å². The fraction of sp³-hybridized carbons (Fsp3) is 0.150. The van der Waals surface area contributed by atoms with E-state index in [4.69, 9.17) is 9.90 Å². The minimum atomic E-state index is -5.08. The molecule has 0 fully saturated rings. The average molecular weight is 457 g/mol. The maximum absolute atomic E-state index is 13.9. The van der Waals surface area contributed by atoms with Gasteiger partial charge in [0.1, 0.15) is 17.7 Å². The third-order valence-corrected chi connectivity index (χ3v) is 3.95. The quantitative estimate of drug-likeness (QED) is 0.488. The molecule has 0 radical (unpaired) electrons. The van der Waals surface area contributed by atoms with Crippen molar-refractivity contribution in [3.8, 4) is 5.69 Å². The highest BCUT2D eigenvalue weighted by molar-refractivity contribution is 5.75. The highest BCUT2D eigenvalue weighted by Crippen LogP contribution is 2.20. The molecule has 0 aliphatic heterocycles. The van der Waals surface area contributed by atoms with E-state index in [9.17, 15) is 31.9 Å². The van der Waals surface area contributed by atoms with Gasteiger partial charge in [-0.25, -0.2) is 18.3 Å². The van der Waals surface area contributed by atoms with Crippen molar-refractivity contribution in [3.63, 3.8) is 0 Å². The predicted molar refractivity (Wildman–Crippen MR) is 101 cm³/mol. The molecule has 12 heteroatoms. The van der Waals surface area contributed by atoms with Crippen molar-refractivity contribution in [1.29, 1.82) is 0 Å². The summed E-state index contributed by atoms with van der Waals surface area (Å²) >= 11 is 0. The summed E-state index contributed by atoms with van der Waals surface area (Å²) < 4.78 is 60.6. The Bertz CT molecular complexity index is 1070. The zero-order valence-corrected chi connectivity index (χ0v) is 16.1. The van der Waals surface area contributed by atoms with Gasteiger partial charge in [0, 0.05) is 24.5 Å². The van der Waals surface area contributed by atoms with Crippen molar-refractivity contribution in [2.24, 2.45) is 0 Å². The number of halogens is 5. The lowest BCUT2D eigenvalue weighted by molar-refractivity contribution is -0.192. The number of aliphatic carboxylic acids is 2. The van der Waals surface area contributed by atoms with Crippen molar-refractivity contribution in [2.75, 3.05) is 0 Å². The normalized spacial score (nSPS) is 11.9. The van der Waals surface area contributed by atoms with Crippen LogP contribution in [0.4, 0.5) is 22.0 Å². The molecule has 32 heavy (non-hydrogen) atoms. The summed E-state index contributed by atoms with van der Waals surface area (Å²) in [6.45, 7) is 0.169. The van der Waals surface area contributed by atoms with Crippen LogP contribution in [0.5, 0.6) is 0 Å². The van der Waals surface area contributed by atoms with Gasteiger partial charge in [0.25, 0.3) is 0 Å². The molecule has 1 unspecified atom stereocenters. The Morgan fingerprint density at radius 2 is 1.75 bits per heavy atom. The first kappa shape index (κ1) is 24.5. The van der Waals surface area contributed by atoms with Gasteiger partial charge in [-0.1, -0.05) is 12.1 Å². The van der Waals surface area contributed by atoms with Crippen LogP contribution in [-0.2, 0) is 16.1 Å². The van der Waals surface area contributed by atoms with Crippen LogP contribution in [0.3, 0.4) is 0 Å². The molecular formula is C20H16F5N3O4. The van der Waals surface area contributed by atoms with E-state index >= 15 is 0 Å². The smallest absolute Gasteiger partial charge is 0.480 e. The molecule has 1 atom stereocenters. The number of benzene rings is 2. The number of hydrogen-bond acceptors (Lipinski definition) is 4. The Hall–Kier alpha value is -3.80. The van der Waals surface area contributed by atoms with Gasteiger partial charge in [0.2, 0.25) is 0 Å². The number of hydrogen-bond donors (Lipinski definition) is 3. The summed E-state index contributed by atoms with van der Waals surface area (Å²) in [6.07, 6.45) is -1.65. The lowest BCUT2D eigenvalue weighted by Gasteiger charge is -2.16. The fourth-order valence-corrected chi connectivity index (χ4v) is 2.52. The fourth-order valence-electron chi connectivity index (χ4n) is 2.52.